The number of rotatable bonds is 5. The van der Waals surface area contributed by atoms with Crippen molar-refractivity contribution in [3.05, 3.63) is 59.3 Å². The maximum absolute atomic E-state index is 13.1. The second-order valence-electron chi connectivity index (χ2n) is 7.77. The third-order valence-electron chi connectivity index (χ3n) is 5.75. The average molecular weight is 431 g/mol. The number of halogens is 3. The highest BCUT2D eigenvalue weighted by Crippen LogP contribution is 2.32. The van der Waals surface area contributed by atoms with Crippen LogP contribution in [0.25, 0.3) is 10.9 Å². The SMILES string of the molecule is COc1ccc2[nH]c(C)c(C(=O)CN3CCN(c4cccc(C(F)(F)F)c4)CC3)c2c1. The summed E-state index contributed by atoms with van der Waals surface area (Å²) in [5, 5.41) is 0.837. The van der Waals surface area contributed by atoms with Crippen LogP contribution < -0.4 is 9.64 Å². The number of aromatic amines is 1. The summed E-state index contributed by atoms with van der Waals surface area (Å²) in [6.07, 6.45) is -4.36. The Labute approximate surface area is 178 Å². The molecule has 4 rings (SSSR count). The molecule has 164 valence electrons. The van der Waals surface area contributed by atoms with Crippen LogP contribution in [-0.4, -0.2) is 55.5 Å². The maximum atomic E-state index is 13.1. The summed E-state index contributed by atoms with van der Waals surface area (Å²) in [5.74, 6) is 0.708. The summed E-state index contributed by atoms with van der Waals surface area (Å²) in [6, 6.07) is 11.0. The first-order valence-electron chi connectivity index (χ1n) is 10.1. The Morgan fingerprint density at radius 3 is 2.52 bits per heavy atom. The van der Waals surface area contributed by atoms with Crippen LogP contribution in [0.4, 0.5) is 18.9 Å². The minimum absolute atomic E-state index is 0.0181. The van der Waals surface area contributed by atoms with E-state index in [1.54, 1.807) is 13.2 Å². The molecule has 5 nitrogen and oxygen atoms in total. The summed E-state index contributed by atoms with van der Waals surface area (Å²) in [6.45, 7) is 4.48. The van der Waals surface area contributed by atoms with Crippen LogP contribution in [-0.2, 0) is 6.18 Å². The number of piperazine rings is 1. The summed E-state index contributed by atoms with van der Waals surface area (Å²) < 4.78 is 44.3. The zero-order chi connectivity index (χ0) is 22.2. The quantitative estimate of drug-likeness (QED) is 0.604. The average Bonchev–Trinajstić information content (AvgIpc) is 3.08. The fourth-order valence-corrected chi connectivity index (χ4v) is 4.12. The molecule has 0 atom stereocenters. The van der Waals surface area contributed by atoms with Crippen molar-refractivity contribution in [2.45, 2.75) is 13.1 Å². The zero-order valence-corrected chi connectivity index (χ0v) is 17.4. The van der Waals surface area contributed by atoms with Crippen molar-refractivity contribution in [2.75, 3.05) is 44.7 Å². The molecule has 1 saturated heterocycles. The van der Waals surface area contributed by atoms with E-state index in [-0.39, 0.29) is 12.3 Å². The van der Waals surface area contributed by atoms with Gasteiger partial charge >= 0.3 is 6.18 Å². The Morgan fingerprint density at radius 1 is 1.10 bits per heavy atom. The normalized spacial score (nSPS) is 15.5. The molecule has 2 aromatic carbocycles. The predicted octanol–water partition coefficient (Wildman–Crippen LogP) is 4.51. The van der Waals surface area contributed by atoms with E-state index in [1.165, 1.54) is 12.1 Å². The van der Waals surface area contributed by atoms with Crippen molar-refractivity contribution in [1.29, 1.82) is 0 Å². The number of nitrogens with one attached hydrogen (secondary N) is 1. The number of hydrogen-bond donors (Lipinski definition) is 1. The molecule has 0 unspecified atom stereocenters. The second kappa shape index (κ2) is 8.26. The van der Waals surface area contributed by atoms with Crippen molar-refractivity contribution in [2.24, 2.45) is 0 Å². The van der Waals surface area contributed by atoms with E-state index < -0.39 is 11.7 Å². The predicted molar refractivity (Wildman–Crippen MR) is 114 cm³/mol. The molecule has 8 heteroatoms. The number of aryl methyl sites for hydroxylation is 1. The van der Waals surface area contributed by atoms with Gasteiger partial charge < -0.3 is 14.6 Å². The van der Waals surface area contributed by atoms with Gasteiger partial charge in [0.2, 0.25) is 0 Å². The van der Waals surface area contributed by atoms with Crippen molar-refractivity contribution in [3.8, 4) is 5.75 Å². The fraction of sp³-hybridized carbons (Fsp3) is 0.348. The van der Waals surface area contributed by atoms with E-state index in [2.05, 4.69) is 4.98 Å². The van der Waals surface area contributed by atoms with E-state index >= 15 is 0 Å². The number of benzene rings is 2. The number of nitrogens with zero attached hydrogens (tertiary/aromatic N) is 2. The van der Waals surface area contributed by atoms with Crippen LogP contribution in [0.1, 0.15) is 21.6 Å². The molecule has 1 aliphatic heterocycles. The Hall–Kier alpha value is -3.00. The standard InChI is InChI=1S/C23H24F3N3O2/c1-15-22(19-13-18(31-2)6-7-20(19)27-15)21(30)14-28-8-10-29(11-9-28)17-5-3-4-16(12-17)23(24,25)26/h3-7,12-13,27H,8-11,14H2,1-2H3. The molecule has 0 aliphatic carbocycles. The Kier molecular flexibility index (Phi) is 5.66. The number of Topliss-reactive ketones (excluding diaryl/α,β-unsaturated/α-hetero) is 1. The van der Waals surface area contributed by atoms with Crippen LogP contribution in [0, 0.1) is 6.92 Å². The molecule has 1 fully saturated rings. The molecule has 0 bridgehead atoms. The van der Waals surface area contributed by atoms with Crippen molar-refractivity contribution in [3.63, 3.8) is 0 Å². The minimum atomic E-state index is -4.36. The van der Waals surface area contributed by atoms with Crippen molar-refractivity contribution >= 4 is 22.4 Å². The third kappa shape index (κ3) is 4.39. The van der Waals surface area contributed by atoms with Gasteiger partial charge in [-0.2, -0.15) is 13.2 Å². The fourth-order valence-electron chi connectivity index (χ4n) is 4.12. The highest BCUT2D eigenvalue weighted by Gasteiger charge is 2.31. The molecular weight excluding hydrogens is 407 g/mol. The molecule has 0 amide bonds. The maximum Gasteiger partial charge on any atom is 0.416 e. The summed E-state index contributed by atoms with van der Waals surface area (Å²) in [4.78, 5) is 20.3. The number of anilines is 1. The van der Waals surface area contributed by atoms with Crippen LogP contribution >= 0.6 is 0 Å². The van der Waals surface area contributed by atoms with Gasteiger partial charge in [0.25, 0.3) is 0 Å². The minimum Gasteiger partial charge on any atom is -0.497 e. The summed E-state index contributed by atoms with van der Waals surface area (Å²) >= 11 is 0. The van der Waals surface area contributed by atoms with Gasteiger partial charge in [-0.05, 0) is 43.3 Å². The summed E-state index contributed by atoms with van der Waals surface area (Å²) in [7, 11) is 1.59. The van der Waals surface area contributed by atoms with Crippen LogP contribution in [0.15, 0.2) is 42.5 Å². The van der Waals surface area contributed by atoms with Gasteiger partial charge in [0, 0.05) is 54.0 Å². The van der Waals surface area contributed by atoms with E-state index in [0.717, 1.165) is 22.7 Å². The van der Waals surface area contributed by atoms with E-state index in [4.69, 9.17) is 4.74 Å². The topological polar surface area (TPSA) is 48.6 Å². The van der Waals surface area contributed by atoms with Gasteiger partial charge in [-0.3, -0.25) is 9.69 Å². The molecule has 3 aromatic rings. The van der Waals surface area contributed by atoms with Crippen molar-refractivity contribution < 1.29 is 22.7 Å². The van der Waals surface area contributed by atoms with Gasteiger partial charge in [-0.25, -0.2) is 0 Å². The van der Waals surface area contributed by atoms with Gasteiger partial charge in [0.1, 0.15) is 5.75 Å². The number of ether oxygens (including phenoxy) is 1. The van der Waals surface area contributed by atoms with E-state index in [0.29, 0.717) is 43.2 Å². The molecular formula is C23H24F3N3O2. The first-order chi connectivity index (χ1) is 14.8. The lowest BCUT2D eigenvalue weighted by Gasteiger charge is -2.36. The Morgan fingerprint density at radius 2 is 1.84 bits per heavy atom. The third-order valence-corrected chi connectivity index (χ3v) is 5.75. The molecule has 0 saturated carbocycles. The van der Waals surface area contributed by atoms with Gasteiger partial charge in [0.15, 0.2) is 5.78 Å². The number of methoxy groups -OCH3 is 1. The number of carbonyl (C=O) groups is 1. The number of ketones is 1. The lowest BCUT2D eigenvalue weighted by atomic mass is 10.1. The van der Waals surface area contributed by atoms with E-state index in [9.17, 15) is 18.0 Å². The first kappa shape index (κ1) is 21.2. The monoisotopic (exact) mass is 431 g/mol. The van der Waals surface area contributed by atoms with Gasteiger partial charge in [-0.1, -0.05) is 6.07 Å². The first-order valence-corrected chi connectivity index (χ1v) is 10.1. The molecule has 31 heavy (non-hydrogen) atoms. The number of hydrogen-bond acceptors (Lipinski definition) is 4. The molecule has 0 radical (unpaired) electrons. The lowest BCUT2D eigenvalue weighted by molar-refractivity contribution is -0.137. The van der Waals surface area contributed by atoms with Crippen LogP contribution in [0.2, 0.25) is 0 Å². The van der Waals surface area contributed by atoms with Crippen molar-refractivity contribution in [1.82, 2.24) is 9.88 Å². The number of fused-ring (bicyclic) bond motifs is 1. The molecule has 1 N–H and O–H groups in total. The van der Waals surface area contributed by atoms with Gasteiger partial charge in [0.05, 0.1) is 19.2 Å². The Bertz CT molecular complexity index is 1100. The molecule has 0 spiro atoms. The Balaban J connectivity index is 1.43. The van der Waals surface area contributed by atoms with Crippen LogP contribution in [0.5, 0.6) is 5.75 Å². The summed E-state index contributed by atoms with van der Waals surface area (Å²) in [5.41, 5.74) is 2.27. The lowest BCUT2D eigenvalue weighted by Crippen LogP contribution is -2.48. The largest absolute Gasteiger partial charge is 0.497 e. The molecule has 1 aliphatic rings. The van der Waals surface area contributed by atoms with E-state index in [1.807, 2.05) is 34.9 Å². The van der Waals surface area contributed by atoms with Gasteiger partial charge in [-0.15, -0.1) is 0 Å². The second-order valence-corrected chi connectivity index (χ2v) is 7.77. The highest BCUT2D eigenvalue weighted by molar-refractivity contribution is 6.10. The molecule has 2 heterocycles. The number of carbonyl (C=O) groups excluding carboxylic acids is 1. The highest BCUT2D eigenvalue weighted by atomic mass is 19.4. The van der Waals surface area contributed by atoms with Crippen LogP contribution in [0.3, 0.4) is 0 Å². The molecule has 1 aromatic heterocycles. The number of H-pyrrole nitrogens is 1. The smallest absolute Gasteiger partial charge is 0.416 e. The zero-order valence-electron chi connectivity index (χ0n) is 17.4. The number of alkyl halides is 3. The number of aromatic nitrogens is 1.